The van der Waals surface area contributed by atoms with Gasteiger partial charge in [-0.1, -0.05) is 18.2 Å². The van der Waals surface area contributed by atoms with Crippen LogP contribution >= 0.6 is 11.8 Å². The Morgan fingerprint density at radius 3 is 2.59 bits per heavy atom. The Hall–Kier alpha value is -2.73. The molecule has 1 saturated carbocycles. The maximum atomic E-state index is 12.5. The van der Waals surface area contributed by atoms with Crippen LogP contribution in [0, 0.1) is 0 Å². The van der Waals surface area contributed by atoms with Gasteiger partial charge in [-0.05, 0) is 49.2 Å². The highest BCUT2D eigenvalue weighted by molar-refractivity contribution is 8.00. The molecule has 1 amide bonds. The summed E-state index contributed by atoms with van der Waals surface area (Å²) < 4.78 is 6.98. The van der Waals surface area contributed by atoms with Crippen LogP contribution in [0.2, 0.25) is 0 Å². The molecule has 1 N–H and O–H groups in total. The second-order valence-corrected chi connectivity index (χ2v) is 7.54. The zero-order chi connectivity index (χ0) is 18.6. The first kappa shape index (κ1) is 17.7. The molecule has 1 aromatic heterocycles. The van der Waals surface area contributed by atoms with Crippen LogP contribution in [0.4, 0.5) is 5.82 Å². The summed E-state index contributed by atoms with van der Waals surface area (Å²) in [5, 5.41) is 7.74. The molecule has 0 atom stereocenters. The van der Waals surface area contributed by atoms with E-state index in [-0.39, 0.29) is 5.91 Å². The van der Waals surface area contributed by atoms with Crippen LogP contribution in [-0.4, -0.2) is 28.6 Å². The molecule has 1 aliphatic carbocycles. The highest BCUT2D eigenvalue weighted by Gasteiger charge is 2.28. The second-order valence-electron chi connectivity index (χ2n) is 6.49. The van der Waals surface area contributed by atoms with Gasteiger partial charge < -0.3 is 10.1 Å². The number of nitrogens with one attached hydrogen (secondary N) is 1. The van der Waals surface area contributed by atoms with Gasteiger partial charge in [0.25, 0.3) is 0 Å². The number of benzene rings is 2. The number of thioether (sulfide) groups is 1. The van der Waals surface area contributed by atoms with Crippen LogP contribution in [0.3, 0.4) is 0 Å². The fourth-order valence-corrected chi connectivity index (χ4v) is 3.53. The number of hydrogen-bond acceptors (Lipinski definition) is 4. The van der Waals surface area contributed by atoms with Gasteiger partial charge in [0.15, 0.2) is 0 Å². The number of methoxy groups -OCH3 is 1. The van der Waals surface area contributed by atoms with Gasteiger partial charge in [-0.25, -0.2) is 4.68 Å². The molecule has 27 heavy (non-hydrogen) atoms. The van der Waals surface area contributed by atoms with Gasteiger partial charge in [-0.2, -0.15) is 5.10 Å². The van der Waals surface area contributed by atoms with Crippen molar-refractivity contribution in [3.63, 3.8) is 0 Å². The SMILES string of the molecule is COc1ccc(SCC(=O)Nc2cc(C3CC3)nn2-c2ccccc2)cc1. The van der Waals surface area contributed by atoms with Gasteiger partial charge in [-0.3, -0.25) is 4.79 Å². The van der Waals surface area contributed by atoms with E-state index in [2.05, 4.69) is 5.32 Å². The minimum absolute atomic E-state index is 0.0461. The molecule has 2 aromatic carbocycles. The van der Waals surface area contributed by atoms with E-state index in [1.54, 1.807) is 7.11 Å². The summed E-state index contributed by atoms with van der Waals surface area (Å²) in [4.78, 5) is 13.5. The second kappa shape index (κ2) is 7.88. The summed E-state index contributed by atoms with van der Waals surface area (Å²) in [5.41, 5.74) is 2.00. The molecule has 1 fully saturated rings. The normalized spacial score (nSPS) is 13.4. The first-order valence-corrected chi connectivity index (χ1v) is 9.93. The quantitative estimate of drug-likeness (QED) is 0.615. The van der Waals surface area contributed by atoms with Crippen molar-refractivity contribution in [2.75, 3.05) is 18.2 Å². The summed E-state index contributed by atoms with van der Waals surface area (Å²) in [6.07, 6.45) is 2.35. The van der Waals surface area contributed by atoms with Gasteiger partial charge in [0, 0.05) is 16.9 Å². The Kier molecular flexibility index (Phi) is 5.16. The van der Waals surface area contributed by atoms with Crippen molar-refractivity contribution < 1.29 is 9.53 Å². The van der Waals surface area contributed by atoms with E-state index >= 15 is 0 Å². The van der Waals surface area contributed by atoms with Gasteiger partial charge in [0.05, 0.1) is 24.2 Å². The number of anilines is 1. The van der Waals surface area contributed by atoms with E-state index in [1.807, 2.05) is 65.3 Å². The molecule has 6 heteroatoms. The maximum Gasteiger partial charge on any atom is 0.235 e. The third-order valence-electron chi connectivity index (χ3n) is 4.42. The standard InChI is InChI=1S/C21H21N3O2S/c1-26-17-9-11-18(12-10-17)27-14-21(25)22-20-13-19(15-7-8-15)23-24(20)16-5-3-2-4-6-16/h2-6,9-13,15H,7-8,14H2,1H3,(H,22,25). The Balaban J connectivity index is 1.45. The molecular formula is C21H21N3O2S. The van der Waals surface area contributed by atoms with Crippen molar-refractivity contribution in [2.24, 2.45) is 0 Å². The fourth-order valence-electron chi connectivity index (χ4n) is 2.83. The lowest BCUT2D eigenvalue weighted by molar-refractivity contribution is -0.113. The molecule has 0 saturated heterocycles. The van der Waals surface area contributed by atoms with Crippen molar-refractivity contribution >= 4 is 23.5 Å². The summed E-state index contributed by atoms with van der Waals surface area (Å²) in [6, 6.07) is 19.6. The predicted molar refractivity (Wildman–Crippen MR) is 108 cm³/mol. The van der Waals surface area contributed by atoms with Crippen LogP contribution in [0.15, 0.2) is 65.6 Å². The van der Waals surface area contributed by atoms with E-state index in [1.165, 1.54) is 24.6 Å². The lowest BCUT2D eigenvalue weighted by atomic mass is 10.3. The number of aromatic nitrogens is 2. The first-order chi connectivity index (χ1) is 13.2. The molecule has 3 aromatic rings. The maximum absolute atomic E-state index is 12.5. The third-order valence-corrected chi connectivity index (χ3v) is 5.43. The summed E-state index contributed by atoms with van der Waals surface area (Å²) in [7, 11) is 1.64. The molecular weight excluding hydrogens is 358 g/mol. The topological polar surface area (TPSA) is 56.1 Å². The van der Waals surface area contributed by atoms with E-state index in [9.17, 15) is 4.79 Å². The number of ether oxygens (including phenoxy) is 1. The number of amides is 1. The number of rotatable bonds is 7. The number of hydrogen-bond donors (Lipinski definition) is 1. The zero-order valence-electron chi connectivity index (χ0n) is 15.1. The van der Waals surface area contributed by atoms with E-state index in [4.69, 9.17) is 9.84 Å². The smallest absolute Gasteiger partial charge is 0.235 e. The average Bonchev–Trinajstić information content (AvgIpc) is 3.48. The van der Waals surface area contributed by atoms with Gasteiger partial charge in [0.1, 0.15) is 11.6 Å². The molecule has 0 bridgehead atoms. The molecule has 4 rings (SSSR count). The minimum Gasteiger partial charge on any atom is -0.497 e. The van der Waals surface area contributed by atoms with Gasteiger partial charge >= 0.3 is 0 Å². The highest BCUT2D eigenvalue weighted by Crippen LogP contribution is 2.40. The summed E-state index contributed by atoms with van der Waals surface area (Å²) >= 11 is 1.50. The molecule has 1 aliphatic rings. The number of nitrogens with zero attached hydrogens (tertiary/aromatic N) is 2. The number of carbonyl (C=O) groups is 1. The van der Waals surface area contributed by atoms with Crippen molar-refractivity contribution in [2.45, 2.75) is 23.7 Å². The number of para-hydroxylation sites is 1. The van der Waals surface area contributed by atoms with E-state index in [0.717, 1.165) is 27.8 Å². The van der Waals surface area contributed by atoms with Crippen molar-refractivity contribution in [1.82, 2.24) is 9.78 Å². The van der Waals surface area contributed by atoms with Crippen LogP contribution in [0.25, 0.3) is 5.69 Å². The molecule has 5 nitrogen and oxygen atoms in total. The zero-order valence-corrected chi connectivity index (χ0v) is 15.9. The van der Waals surface area contributed by atoms with Crippen molar-refractivity contribution in [3.8, 4) is 11.4 Å². The minimum atomic E-state index is -0.0461. The van der Waals surface area contributed by atoms with E-state index in [0.29, 0.717) is 11.7 Å². The Labute approximate surface area is 162 Å². The lowest BCUT2D eigenvalue weighted by Gasteiger charge is -2.09. The summed E-state index contributed by atoms with van der Waals surface area (Å²) in [6.45, 7) is 0. The number of carbonyl (C=O) groups excluding carboxylic acids is 1. The third kappa shape index (κ3) is 4.34. The van der Waals surface area contributed by atoms with Crippen LogP contribution in [0.5, 0.6) is 5.75 Å². The predicted octanol–water partition coefficient (Wildman–Crippen LogP) is 4.49. The van der Waals surface area contributed by atoms with Crippen LogP contribution < -0.4 is 10.1 Å². The van der Waals surface area contributed by atoms with Crippen molar-refractivity contribution in [3.05, 3.63) is 66.4 Å². The van der Waals surface area contributed by atoms with Gasteiger partial charge in [-0.15, -0.1) is 11.8 Å². The largest absolute Gasteiger partial charge is 0.497 e. The summed E-state index contributed by atoms with van der Waals surface area (Å²) in [5.74, 6) is 2.35. The van der Waals surface area contributed by atoms with Crippen LogP contribution in [-0.2, 0) is 4.79 Å². The first-order valence-electron chi connectivity index (χ1n) is 8.95. The molecule has 0 unspecified atom stereocenters. The van der Waals surface area contributed by atoms with Crippen LogP contribution in [0.1, 0.15) is 24.5 Å². The fraction of sp³-hybridized carbons (Fsp3) is 0.238. The molecule has 138 valence electrons. The highest BCUT2D eigenvalue weighted by atomic mass is 32.2. The molecule has 0 aliphatic heterocycles. The molecule has 0 radical (unpaired) electrons. The van der Waals surface area contributed by atoms with E-state index < -0.39 is 0 Å². The lowest BCUT2D eigenvalue weighted by Crippen LogP contribution is -2.16. The molecule has 0 spiro atoms. The Morgan fingerprint density at radius 2 is 1.93 bits per heavy atom. The van der Waals surface area contributed by atoms with Gasteiger partial charge in [0.2, 0.25) is 5.91 Å². The Morgan fingerprint density at radius 1 is 1.19 bits per heavy atom. The monoisotopic (exact) mass is 379 g/mol. The molecule has 1 heterocycles. The Bertz CT molecular complexity index is 918. The van der Waals surface area contributed by atoms with Crippen molar-refractivity contribution in [1.29, 1.82) is 0 Å². The average molecular weight is 379 g/mol.